The molecule has 0 radical (unpaired) electrons. The summed E-state index contributed by atoms with van der Waals surface area (Å²) in [7, 11) is 0. The maximum Gasteiger partial charge on any atom is 0.337 e. The summed E-state index contributed by atoms with van der Waals surface area (Å²) in [5.74, 6) is -0.490. The van der Waals surface area contributed by atoms with Crippen molar-refractivity contribution in [2.75, 3.05) is 6.61 Å². The molecule has 2 aliphatic carbocycles. The Morgan fingerprint density at radius 1 is 1.28 bits per heavy atom. The Kier molecular flexibility index (Phi) is 2.91. The van der Waals surface area contributed by atoms with Crippen LogP contribution in [-0.4, -0.2) is 27.7 Å². The third kappa shape index (κ3) is 2.21. The summed E-state index contributed by atoms with van der Waals surface area (Å²) in [6, 6.07) is 6.46. The second-order valence-corrected chi connectivity index (χ2v) is 7.89. The lowest BCUT2D eigenvalue weighted by molar-refractivity contribution is -0.0132. The zero-order valence-corrected chi connectivity index (χ0v) is 14.0. The second kappa shape index (κ2) is 4.86. The minimum atomic E-state index is -0.954. The maximum absolute atomic E-state index is 11.7. The number of aromatic nitrogens is 1. The number of nitrogens with zero attached hydrogens (tertiary/aromatic N) is 2. The minimum absolute atomic E-state index is 0.116. The molecule has 128 valence electrons. The summed E-state index contributed by atoms with van der Waals surface area (Å²) in [6.45, 7) is 0.803. The van der Waals surface area contributed by atoms with E-state index in [4.69, 9.17) is 4.74 Å². The van der Waals surface area contributed by atoms with E-state index in [2.05, 4.69) is 18.3 Å². The van der Waals surface area contributed by atoms with Crippen LogP contribution in [-0.2, 0) is 10.2 Å². The average Bonchev–Trinajstić information content (AvgIpc) is 3.53. The molecule has 3 fully saturated rings. The van der Waals surface area contributed by atoms with Gasteiger partial charge in [-0.25, -0.2) is 4.79 Å². The largest absolute Gasteiger partial charge is 0.478 e. The number of hydrogen-bond acceptors (Lipinski definition) is 3. The molecule has 0 bridgehead atoms. The zero-order valence-electron chi connectivity index (χ0n) is 14.0. The third-order valence-corrected chi connectivity index (χ3v) is 6.24. The Balaban J connectivity index is 1.59. The molecule has 5 heteroatoms. The molecule has 3 aliphatic rings. The van der Waals surface area contributed by atoms with E-state index in [9.17, 15) is 15.2 Å². The van der Waals surface area contributed by atoms with Gasteiger partial charge in [0.1, 0.15) is 0 Å². The first-order chi connectivity index (χ1) is 12.1. The number of carbonyl (C=O) groups is 1. The smallest absolute Gasteiger partial charge is 0.337 e. The number of hydrogen-bond donors (Lipinski definition) is 1. The van der Waals surface area contributed by atoms with Crippen molar-refractivity contribution in [1.29, 1.82) is 5.26 Å². The van der Waals surface area contributed by atoms with Crippen LogP contribution in [0.15, 0.2) is 24.5 Å². The van der Waals surface area contributed by atoms with Crippen LogP contribution < -0.4 is 0 Å². The van der Waals surface area contributed by atoms with E-state index in [0.29, 0.717) is 11.5 Å². The van der Waals surface area contributed by atoms with Crippen LogP contribution in [0.4, 0.5) is 0 Å². The summed E-state index contributed by atoms with van der Waals surface area (Å²) < 4.78 is 7.83. The summed E-state index contributed by atoms with van der Waals surface area (Å²) in [5, 5.41) is 19.2. The van der Waals surface area contributed by atoms with Gasteiger partial charge in [-0.15, -0.1) is 0 Å². The lowest BCUT2D eigenvalue weighted by Crippen LogP contribution is -2.26. The summed E-state index contributed by atoms with van der Waals surface area (Å²) >= 11 is 0. The van der Waals surface area contributed by atoms with Gasteiger partial charge in [0, 0.05) is 24.6 Å². The van der Waals surface area contributed by atoms with E-state index in [1.54, 1.807) is 6.20 Å². The van der Waals surface area contributed by atoms with E-state index in [-0.39, 0.29) is 11.2 Å². The lowest BCUT2D eigenvalue weighted by Gasteiger charge is -2.30. The van der Waals surface area contributed by atoms with Crippen LogP contribution in [0.5, 0.6) is 0 Å². The highest BCUT2D eigenvalue weighted by Gasteiger charge is 2.49. The number of pyridine rings is 1. The molecule has 1 spiro atoms. The van der Waals surface area contributed by atoms with Gasteiger partial charge in [0.2, 0.25) is 0 Å². The van der Waals surface area contributed by atoms with Crippen molar-refractivity contribution >= 4 is 11.5 Å². The molecule has 1 saturated heterocycles. The summed E-state index contributed by atoms with van der Waals surface area (Å²) in [6.07, 6.45) is 9.61. The maximum atomic E-state index is 11.7. The van der Waals surface area contributed by atoms with Crippen LogP contribution in [0.1, 0.15) is 65.9 Å². The Bertz CT molecular complexity index is 928. The Morgan fingerprint density at radius 2 is 2.08 bits per heavy atom. The number of rotatable bonds is 3. The number of carboxylic acid groups (broad SMARTS) is 1. The van der Waals surface area contributed by atoms with E-state index < -0.39 is 11.4 Å². The molecule has 0 aromatic carbocycles. The molecular formula is C20H20N2O3. The third-order valence-electron chi connectivity index (χ3n) is 6.24. The minimum Gasteiger partial charge on any atom is -0.478 e. The van der Waals surface area contributed by atoms with Crippen LogP contribution in [0, 0.1) is 11.3 Å². The molecule has 3 heterocycles. The Labute approximate surface area is 145 Å². The molecular weight excluding hydrogens is 316 g/mol. The molecule has 1 aliphatic heterocycles. The van der Waals surface area contributed by atoms with Gasteiger partial charge in [-0.1, -0.05) is 6.07 Å². The second-order valence-electron chi connectivity index (χ2n) is 7.89. The Hall–Kier alpha value is -2.32. The number of fused-ring (bicyclic) bond motifs is 1. The molecule has 5 rings (SSSR count). The predicted octanol–water partition coefficient (Wildman–Crippen LogP) is 3.62. The van der Waals surface area contributed by atoms with Crippen LogP contribution >= 0.6 is 0 Å². The van der Waals surface area contributed by atoms with E-state index >= 15 is 0 Å². The molecule has 2 aromatic rings. The summed E-state index contributed by atoms with van der Waals surface area (Å²) in [5.41, 5.74) is 2.56. The normalized spacial score (nSPS) is 25.6. The van der Waals surface area contributed by atoms with Crippen molar-refractivity contribution in [3.8, 4) is 6.07 Å². The molecule has 1 atom stereocenters. The highest BCUT2D eigenvalue weighted by atomic mass is 16.5. The van der Waals surface area contributed by atoms with Crippen LogP contribution in [0.3, 0.4) is 0 Å². The van der Waals surface area contributed by atoms with E-state index in [0.717, 1.165) is 50.6 Å². The fraction of sp³-hybridized carbons (Fsp3) is 0.500. The fourth-order valence-electron chi connectivity index (χ4n) is 4.44. The molecule has 1 N–H and O–H groups in total. The zero-order chi connectivity index (χ0) is 17.2. The quantitative estimate of drug-likeness (QED) is 0.929. The summed E-state index contributed by atoms with van der Waals surface area (Å²) in [4.78, 5) is 11.7. The van der Waals surface area contributed by atoms with Gasteiger partial charge in [-0.05, 0) is 56.1 Å². The molecule has 1 unspecified atom stereocenters. The predicted molar refractivity (Wildman–Crippen MR) is 90.8 cm³/mol. The van der Waals surface area contributed by atoms with Crippen molar-refractivity contribution < 1.29 is 14.6 Å². The average molecular weight is 336 g/mol. The van der Waals surface area contributed by atoms with Crippen molar-refractivity contribution in [1.82, 2.24) is 4.40 Å². The Morgan fingerprint density at radius 3 is 2.72 bits per heavy atom. The van der Waals surface area contributed by atoms with E-state index in [1.165, 1.54) is 5.56 Å². The highest BCUT2D eigenvalue weighted by Crippen LogP contribution is 2.52. The molecule has 5 nitrogen and oxygen atoms in total. The SMILES string of the molecule is N#CC1(c2c(C(=O)O)cn3cc(C4CCOC5(CC5)C4)ccc23)CC1. The molecule has 0 amide bonds. The highest BCUT2D eigenvalue weighted by molar-refractivity contribution is 5.94. The first kappa shape index (κ1) is 15.0. The van der Waals surface area contributed by atoms with Gasteiger partial charge in [0.25, 0.3) is 0 Å². The van der Waals surface area contributed by atoms with Gasteiger partial charge in [0.15, 0.2) is 0 Å². The first-order valence-electron chi connectivity index (χ1n) is 9.00. The molecule has 2 aromatic heterocycles. The van der Waals surface area contributed by atoms with Crippen LogP contribution in [0.2, 0.25) is 0 Å². The van der Waals surface area contributed by atoms with Crippen molar-refractivity contribution in [3.05, 3.63) is 41.2 Å². The van der Waals surface area contributed by atoms with Gasteiger partial charge in [-0.2, -0.15) is 5.26 Å². The van der Waals surface area contributed by atoms with Gasteiger partial charge in [0.05, 0.1) is 28.2 Å². The van der Waals surface area contributed by atoms with E-state index in [1.807, 2.05) is 10.5 Å². The van der Waals surface area contributed by atoms with Crippen molar-refractivity contribution in [2.24, 2.45) is 0 Å². The van der Waals surface area contributed by atoms with Crippen LogP contribution in [0.25, 0.3) is 5.52 Å². The fourth-order valence-corrected chi connectivity index (χ4v) is 4.44. The monoisotopic (exact) mass is 336 g/mol. The topological polar surface area (TPSA) is 74.7 Å². The van der Waals surface area contributed by atoms with Crippen molar-refractivity contribution in [2.45, 2.75) is 55.5 Å². The first-order valence-corrected chi connectivity index (χ1v) is 9.00. The van der Waals surface area contributed by atoms with Gasteiger partial charge in [-0.3, -0.25) is 0 Å². The molecule has 25 heavy (non-hydrogen) atoms. The number of nitriles is 1. The molecule has 2 saturated carbocycles. The standard InChI is InChI=1S/C20H20N2O3/c21-12-19(4-5-19)17-15(18(23)24)11-22-10-14(1-2-16(17)22)13-3-8-25-20(9-13)6-7-20/h1-2,10-11,13H,3-9H2,(H,23,24). The number of ether oxygens (including phenoxy) is 1. The lowest BCUT2D eigenvalue weighted by atomic mass is 9.88. The van der Waals surface area contributed by atoms with Gasteiger partial charge >= 0.3 is 5.97 Å². The van der Waals surface area contributed by atoms with Crippen molar-refractivity contribution in [3.63, 3.8) is 0 Å². The number of aromatic carboxylic acids is 1. The number of carboxylic acids is 1. The van der Waals surface area contributed by atoms with Gasteiger partial charge < -0.3 is 14.2 Å².